The van der Waals surface area contributed by atoms with Gasteiger partial charge in [-0.3, -0.25) is 4.79 Å². The van der Waals surface area contributed by atoms with Crippen LogP contribution in [0.15, 0.2) is 41.9 Å². The number of carbonyl (C=O) groups is 1. The Labute approximate surface area is 140 Å². The lowest BCUT2D eigenvalue weighted by molar-refractivity contribution is -0.143. The number of piperazine rings is 1. The maximum atomic E-state index is 12.5. The van der Waals surface area contributed by atoms with Gasteiger partial charge in [-0.15, -0.1) is 11.3 Å². The molecule has 1 aliphatic heterocycles. The standard InChI is InChI=1S/C17H21N3O2S/c1-14(22-13-15-5-3-2-4-6-15)16(21)19-8-10-20(11-9-19)17-18-7-12-23-17/h2-7,12,14H,8-11,13H2,1H3. The van der Waals surface area contributed by atoms with Crippen molar-refractivity contribution in [2.75, 3.05) is 31.1 Å². The van der Waals surface area contributed by atoms with Gasteiger partial charge in [-0.2, -0.15) is 0 Å². The molecule has 0 spiro atoms. The van der Waals surface area contributed by atoms with E-state index in [-0.39, 0.29) is 5.91 Å². The third-order valence-corrected chi connectivity index (χ3v) is 4.80. The van der Waals surface area contributed by atoms with Gasteiger partial charge in [-0.05, 0) is 12.5 Å². The van der Waals surface area contributed by atoms with Gasteiger partial charge in [-0.1, -0.05) is 30.3 Å². The molecule has 1 aromatic carbocycles. The highest BCUT2D eigenvalue weighted by atomic mass is 32.1. The second-order valence-corrected chi connectivity index (χ2v) is 6.44. The summed E-state index contributed by atoms with van der Waals surface area (Å²) in [4.78, 5) is 20.9. The number of aromatic nitrogens is 1. The fourth-order valence-electron chi connectivity index (χ4n) is 2.61. The normalized spacial score (nSPS) is 16.4. The third-order valence-electron chi connectivity index (χ3n) is 3.97. The minimum absolute atomic E-state index is 0.0692. The first-order valence-corrected chi connectivity index (χ1v) is 8.71. The molecule has 1 aliphatic rings. The van der Waals surface area contributed by atoms with Crippen LogP contribution in [0.3, 0.4) is 0 Å². The molecule has 0 bridgehead atoms. The van der Waals surface area contributed by atoms with Gasteiger partial charge < -0.3 is 14.5 Å². The predicted octanol–water partition coefficient (Wildman–Crippen LogP) is 2.40. The molecule has 0 aliphatic carbocycles. The van der Waals surface area contributed by atoms with Crippen LogP contribution in [-0.4, -0.2) is 48.1 Å². The van der Waals surface area contributed by atoms with E-state index in [1.807, 2.05) is 53.7 Å². The number of thiazole rings is 1. The van der Waals surface area contributed by atoms with Crippen molar-refractivity contribution in [2.24, 2.45) is 0 Å². The minimum atomic E-state index is -0.415. The molecule has 1 unspecified atom stereocenters. The zero-order valence-corrected chi connectivity index (χ0v) is 14.0. The Balaban J connectivity index is 1.47. The minimum Gasteiger partial charge on any atom is -0.364 e. The van der Waals surface area contributed by atoms with Crippen molar-refractivity contribution in [3.05, 3.63) is 47.5 Å². The van der Waals surface area contributed by atoms with Crippen molar-refractivity contribution in [1.82, 2.24) is 9.88 Å². The van der Waals surface area contributed by atoms with Gasteiger partial charge in [0.25, 0.3) is 5.91 Å². The Bertz CT molecular complexity index is 610. The quantitative estimate of drug-likeness (QED) is 0.844. The summed E-state index contributed by atoms with van der Waals surface area (Å²) in [6, 6.07) is 9.93. The predicted molar refractivity (Wildman–Crippen MR) is 91.6 cm³/mol. The first kappa shape index (κ1) is 16.0. The summed E-state index contributed by atoms with van der Waals surface area (Å²) < 4.78 is 5.73. The summed E-state index contributed by atoms with van der Waals surface area (Å²) in [5.41, 5.74) is 1.08. The van der Waals surface area contributed by atoms with E-state index < -0.39 is 6.10 Å². The van der Waals surface area contributed by atoms with Crippen LogP contribution in [0, 0.1) is 0 Å². The average Bonchev–Trinajstić information content (AvgIpc) is 3.15. The molecule has 2 heterocycles. The van der Waals surface area contributed by atoms with Crippen LogP contribution in [0.2, 0.25) is 0 Å². The molecular formula is C17H21N3O2S. The van der Waals surface area contributed by atoms with Crippen LogP contribution in [0.4, 0.5) is 5.13 Å². The Kier molecular flexibility index (Phi) is 5.25. The van der Waals surface area contributed by atoms with E-state index in [4.69, 9.17) is 4.74 Å². The van der Waals surface area contributed by atoms with Crippen molar-refractivity contribution in [1.29, 1.82) is 0 Å². The summed E-state index contributed by atoms with van der Waals surface area (Å²) in [7, 11) is 0. The zero-order valence-electron chi connectivity index (χ0n) is 13.2. The molecular weight excluding hydrogens is 310 g/mol. The number of rotatable bonds is 5. The fourth-order valence-corrected chi connectivity index (χ4v) is 3.31. The lowest BCUT2D eigenvalue weighted by Crippen LogP contribution is -2.51. The van der Waals surface area contributed by atoms with Crippen LogP contribution in [0.25, 0.3) is 0 Å². The summed E-state index contributed by atoms with van der Waals surface area (Å²) in [6.45, 7) is 5.38. The molecule has 1 fully saturated rings. The van der Waals surface area contributed by atoms with Gasteiger partial charge in [0.15, 0.2) is 5.13 Å². The smallest absolute Gasteiger partial charge is 0.251 e. The summed E-state index contributed by atoms with van der Waals surface area (Å²) in [5, 5.41) is 3.01. The summed E-state index contributed by atoms with van der Waals surface area (Å²) in [5.74, 6) is 0.0692. The number of nitrogens with zero attached hydrogens (tertiary/aromatic N) is 3. The van der Waals surface area contributed by atoms with Crippen LogP contribution in [0.1, 0.15) is 12.5 Å². The molecule has 6 heteroatoms. The number of hydrogen-bond donors (Lipinski definition) is 0. The molecule has 0 N–H and O–H groups in total. The molecule has 1 aromatic heterocycles. The highest BCUT2D eigenvalue weighted by molar-refractivity contribution is 7.13. The van der Waals surface area contributed by atoms with E-state index in [1.54, 1.807) is 11.3 Å². The van der Waals surface area contributed by atoms with E-state index in [9.17, 15) is 4.79 Å². The first-order valence-electron chi connectivity index (χ1n) is 7.83. The number of ether oxygens (including phenoxy) is 1. The zero-order chi connectivity index (χ0) is 16.1. The monoisotopic (exact) mass is 331 g/mol. The SMILES string of the molecule is CC(OCc1ccccc1)C(=O)N1CCN(c2nccs2)CC1. The number of carbonyl (C=O) groups excluding carboxylic acids is 1. The number of anilines is 1. The second-order valence-electron chi connectivity index (χ2n) is 5.57. The van der Waals surface area contributed by atoms with Gasteiger partial charge in [-0.25, -0.2) is 4.98 Å². The molecule has 2 aromatic rings. The lowest BCUT2D eigenvalue weighted by atomic mass is 10.2. The highest BCUT2D eigenvalue weighted by Gasteiger charge is 2.26. The highest BCUT2D eigenvalue weighted by Crippen LogP contribution is 2.19. The van der Waals surface area contributed by atoms with Crippen LogP contribution < -0.4 is 4.90 Å². The Morgan fingerprint density at radius 2 is 2.00 bits per heavy atom. The maximum absolute atomic E-state index is 12.5. The van der Waals surface area contributed by atoms with Crippen molar-refractivity contribution in [3.8, 4) is 0 Å². The van der Waals surface area contributed by atoms with E-state index in [0.717, 1.165) is 36.9 Å². The lowest BCUT2D eigenvalue weighted by Gasteiger charge is -2.35. The number of benzene rings is 1. The van der Waals surface area contributed by atoms with Crippen LogP contribution in [-0.2, 0) is 16.1 Å². The van der Waals surface area contributed by atoms with Crippen molar-refractivity contribution in [2.45, 2.75) is 19.6 Å². The van der Waals surface area contributed by atoms with Crippen molar-refractivity contribution >= 4 is 22.4 Å². The Hall–Kier alpha value is -1.92. The van der Waals surface area contributed by atoms with E-state index in [2.05, 4.69) is 9.88 Å². The molecule has 1 saturated heterocycles. The maximum Gasteiger partial charge on any atom is 0.251 e. The van der Waals surface area contributed by atoms with Gasteiger partial charge in [0.1, 0.15) is 6.10 Å². The second kappa shape index (κ2) is 7.57. The molecule has 0 saturated carbocycles. The first-order chi connectivity index (χ1) is 11.2. The fraction of sp³-hybridized carbons (Fsp3) is 0.412. The number of amides is 1. The molecule has 3 rings (SSSR count). The molecule has 23 heavy (non-hydrogen) atoms. The van der Waals surface area contributed by atoms with Crippen LogP contribution >= 0.6 is 11.3 Å². The molecule has 1 amide bonds. The van der Waals surface area contributed by atoms with E-state index >= 15 is 0 Å². The molecule has 122 valence electrons. The van der Waals surface area contributed by atoms with Gasteiger partial charge in [0.05, 0.1) is 6.61 Å². The molecule has 1 atom stereocenters. The van der Waals surface area contributed by atoms with E-state index in [1.165, 1.54) is 0 Å². The molecule has 0 radical (unpaired) electrons. The van der Waals surface area contributed by atoms with Crippen molar-refractivity contribution < 1.29 is 9.53 Å². The Morgan fingerprint density at radius 3 is 2.65 bits per heavy atom. The van der Waals surface area contributed by atoms with Gasteiger partial charge in [0, 0.05) is 37.8 Å². The van der Waals surface area contributed by atoms with Gasteiger partial charge in [0.2, 0.25) is 0 Å². The van der Waals surface area contributed by atoms with Crippen LogP contribution in [0.5, 0.6) is 0 Å². The van der Waals surface area contributed by atoms with Crippen molar-refractivity contribution in [3.63, 3.8) is 0 Å². The number of hydrogen-bond acceptors (Lipinski definition) is 5. The Morgan fingerprint density at radius 1 is 1.26 bits per heavy atom. The third kappa shape index (κ3) is 4.09. The summed E-state index contributed by atoms with van der Waals surface area (Å²) >= 11 is 1.64. The summed E-state index contributed by atoms with van der Waals surface area (Å²) in [6.07, 6.45) is 1.40. The van der Waals surface area contributed by atoms with Gasteiger partial charge >= 0.3 is 0 Å². The topological polar surface area (TPSA) is 45.7 Å². The van der Waals surface area contributed by atoms with E-state index in [0.29, 0.717) is 6.61 Å². The average molecular weight is 331 g/mol. The molecule has 5 nitrogen and oxygen atoms in total. The largest absolute Gasteiger partial charge is 0.364 e.